The lowest BCUT2D eigenvalue weighted by Gasteiger charge is -2.11. The number of halogens is 2. The van der Waals surface area contributed by atoms with E-state index < -0.39 is 0 Å². The normalized spacial score (nSPS) is 15.4. The molecular weight excluding hydrogens is 365 g/mol. The molecule has 0 saturated heterocycles. The van der Waals surface area contributed by atoms with Gasteiger partial charge in [0, 0.05) is 49.1 Å². The van der Waals surface area contributed by atoms with E-state index >= 15 is 0 Å². The van der Waals surface area contributed by atoms with Gasteiger partial charge in [0.25, 0.3) is 0 Å². The molecule has 1 unspecified atom stereocenters. The highest BCUT2D eigenvalue weighted by atomic mass is 35.5. The fourth-order valence-corrected chi connectivity index (χ4v) is 3.62. The third kappa shape index (κ3) is 3.90. The van der Waals surface area contributed by atoms with Gasteiger partial charge in [-0.15, -0.1) is 0 Å². The lowest BCUT2D eigenvalue weighted by atomic mass is 9.97. The minimum atomic E-state index is -0.226. The highest BCUT2D eigenvalue weighted by molar-refractivity contribution is 6.30. The molecular formula is C20H21ClFN5. The van der Waals surface area contributed by atoms with Gasteiger partial charge in [-0.2, -0.15) is 5.10 Å². The van der Waals surface area contributed by atoms with Crippen molar-refractivity contribution in [2.75, 3.05) is 17.2 Å². The van der Waals surface area contributed by atoms with Crippen LogP contribution in [-0.4, -0.2) is 21.3 Å². The van der Waals surface area contributed by atoms with Crippen LogP contribution in [-0.2, 0) is 19.5 Å². The summed E-state index contributed by atoms with van der Waals surface area (Å²) in [5.41, 5.74) is 3.34. The summed E-state index contributed by atoms with van der Waals surface area (Å²) in [4.78, 5) is 4.36. The van der Waals surface area contributed by atoms with Gasteiger partial charge < -0.3 is 10.6 Å². The maximum absolute atomic E-state index is 13.0. The number of nitrogens with zero attached hydrogens (tertiary/aromatic N) is 3. The first-order chi connectivity index (χ1) is 13.1. The van der Waals surface area contributed by atoms with Crippen molar-refractivity contribution in [3.05, 3.63) is 70.3 Å². The fraction of sp³-hybridized carbons (Fsp3) is 0.300. The van der Waals surface area contributed by atoms with Gasteiger partial charge in [0.15, 0.2) is 0 Å². The number of pyridine rings is 1. The van der Waals surface area contributed by atoms with Crippen LogP contribution in [0.1, 0.15) is 29.7 Å². The van der Waals surface area contributed by atoms with E-state index in [2.05, 4.69) is 33.7 Å². The van der Waals surface area contributed by atoms with Gasteiger partial charge in [-0.1, -0.05) is 23.7 Å². The van der Waals surface area contributed by atoms with Gasteiger partial charge in [-0.25, -0.2) is 9.37 Å². The highest BCUT2D eigenvalue weighted by Gasteiger charge is 2.25. The zero-order valence-corrected chi connectivity index (χ0v) is 15.8. The average molecular weight is 386 g/mol. The highest BCUT2D eigenvalue weighted by Crippen LogP contribution is 2.34. The molecule has 0 spiro atoms. The van der Waals surface area contributed by atoms with Crippen LogP contribution in [0.3, 0.4) is 0 Å². The summed E-state index contributed by atoms with van der Waals surface area (Å²) >= 11 is 6.12. The van der Waals surface area contributed by atoms with Crippen molar-refractivity contribution in [3.63, 3.8) is 0 Å². The first-order valence-corrected chi connectivity index (χ1v) is 9.44. The second-order valence-electron chi connectivity index (χ2n) is 6.69. The minimum Gasteiger partial charge on any atom is -0.369 e. The number of fused-ring (bicyclic) bond motifs is 1. The molecule has 2 aromatic heterocycles. The van der Waals surface area contributed by atoms with Crippen molar-refractivity contribution in [2.24, 2.45) is 0 Å². The van der Waals surface area contributed by atoms with Crippen molar-refractivity contribution < 1.29 is 4.39 Å². The van der Waals surface area contributed by atoms with Crippen LogP contribution in [0.25, 0.3) is 0 Å². The number of aromatic nitrogens is 3. The molecule has 5 nitrogen and oxygen atoms in total. The third-order valence-corrected chi connectivity index (χ3v) is 5.05. The maximum atomic E-state index is 13.0. The van der Waals surface area contributed by atoms with E-state index in [-0.39, 0.29) is 5.82 Å². The first-order valence-electron chi connectivity index (χ1n) is 9.06. The molecule has 0 bridgehead atoms. The van der Waals surface area contributed by atoms with Gasteiger partial charge in [0.1, 0.15) is 17.5 Å². The Balaban J connectivity index is 1.48. The number of hydrogen-bond acceptors (Lipinski definition) is 4. The molecule has 7 heteroatoms. The Morgan fingerprint density at radius 1 is 1.30 bits per heavy atom. The van der Waals surface area contributed by atoms with E-state index in [1.54, 1.807) is 18.3 Å². The first kappa shape index (κ1) is 17.8. The third-order valence-electron chi connectivity index (χ3n) is 4.84. The van der Waals surface area contributed by atoms with E-state index in [1.807, 2.05) is 10.7 Å². The van der Waals surface area contributed by atoms with E-state index in [4.69, 9.17) is 11.6 Å². The van der Waals surface area contributed by atoms with Gasteiger partial charge in [-0.3, -0.25) is 4.68 Å². The largest absolute Gasteiger partial charge is 0.369 e. The summed E-state index contributed by atoms with van der Waals surface area (Å²) in [6, 6.07) is 10.6. The lowest BCUT2D eigenvalue weighted by molar-refractivity contribution is 0.597. The van der Waals surface area contributed by atoms with E-state index in [9.17, 15) is 4.39 Å². The Hall–Kier alpha value is -2.60. The molecule has 27 heavy (non-hydrogen) atoms. The zero-order valence-electron chi connectivity index (χ0n) is 15.0. The van der Waals surface area contributed by atoms with Crippen LogP contribution in [0.2, 0.25) is 5.02 Å². The molecule has 3 heterocycles. The summed E-state index contributed by atoms with van der Waals surface area (Å²) in [5, 5.41) is 12.0. The molecule has 1 aromatic carbocycles. The van der Waals surface area contributed by atoms with Crippen LogP contribution in [0.15, 0.2) is 42.6 Å². The van der Waals surface area contributed by atoms with Gasteiger partial charge in [-0.05, 0) is 37.1 Å². The second kappa shape index (κ2) is 7.56. The summed E-state index contributed by atoms with van der Waals surface area (Å²) in [5.74, 6) is 1.84. The van der Waals surface area contributed by atoms with Gasteiger partial charge in [0.05, 0.1) is 5.02 Å². The molecule has 1 aliphatic rings. The van der Waals surface area contributed by atoms with Crippen LogP contribution < -0.4 is 10.6 Å². The SMILES string of the molecule is CCn1nc(NCc2ccc(F)cc2)cc1CC1CNc2ncc(Cl)cc21. The number of anilines is 2. The number of rotatable bonds is 6. The Bertz CT molecular complexity index is 938. The van der Waals surface area contributed by atoms with E-state index in [0.717, 1.165) is 42.3 Å². The molecule has 1 aliphatic heterocycles. The quantitative estimate of drug-likeness (QED) is 0.658. The van der Waals surface area contributed by atoms with E-state index in [0.29, 0.717) is 17.5 Å². The molecule has 140 valence electrons. The predicted molar refractivity (Wildman–Crippen MR) is 106 cm³/mol. The Labute approximate surface area is 162 Å². The van der Waals surface area contributed by atoms with Crippen molar-refractivity contribution in [1.82, 2.24) is 14.8 Å². The monoisotopic (exact) mass is 385 g/mol. The maximum Gasteiger partial charge on any atom is 0.148 e. The molecule has 1 atom stereocenters. The number of benzene rings is 1. The Kier molecular flexibility index (Phi) is 4.99. The fourth-order valence-electron chi connectivity index (χ4n) is 3.45. The Morgan fingerprint density at radius 2 is 2.11 bits per heavy atom. The Morgan fingerprint density at radius 3 is 2.89 bits per heavy atom. The van der Waals surface area contributed by atoms with E-state index in [1.165, 1.54) is 17.8 Å². The minimum absolute atomic E-state index is 0.226. The number of nitrogens with one attached hydrogen (secondary N) is 2. The topological polar surface area (TPSA) is 54.8 Å². The summed E-state index contributed by atoms with van der Waals surface area (Å²) in [7, 11) is 0. The molecule has 0 saturated carbocycles. The van der Waals surface area contributed by atoms with Crippen molar-refractivity contribution in [1.29, 1.82) is 0 Å². The number of aryl methyl sites for hydroxylation is 1. The molecule has 4 rings (SSSR count). The van der Waals surface area contributed by atoms with Crippen LogP contribution in [0.5, 0.6) is 0 Å². The second-order valence-corrected chi connectivity index (χ2v) is 7.13. The molecule has 0 radical (unpaired) electrons. The molecule has 0 fully saturated rings. The summed E-state index contributed by atoms with van der Waals surface area (Å²) < 4.78 is 15.0. The van der Waals surface area contributed by atoms with Crippen molar-refractivity contribution in [2.45, 2.75) is 32.4 Å². The number of hydrogen-bond donors (Lipinski definition) is 2. The standard InChI is InChI=1S/C20H21ClFN5/c1-2-27-17(7-14-11-24-20-18(14)8-15(21)12-25-20)9-19(26-27)23-10-13-3-5-16(22)6-4-13/h3-6,8-9,12,14H,2,7,10-11H2,1H3,(H,23,26)(H,24,25). The summed E-state index contributed by atoms with van der Waals surface area (Å²) in [6.45, 7) is 4.33. The van der Waals surface area contributed by atoms with Gasteiger partial charge in [0.2, 0.25) is 0 Å². The summed E-state index contributed by atoms with van der Waals surface area (Å²) in [6.07, 6.45) is 2.53. The average Bonchev–Trinajstić information content (AvgIpc) is 3.25. The molecule has 2 N–H and O–H groups in total. The lowest BCUT2D eigenvalue weighted by Crippen LogP contribution is -2.10. The van der Waals surface area contributed by atoms with Gasteiger partial charge >= 0.3 is 0 Å². The van der Waals surface area contributed by atoms with Crippen molar-refractivity contribution in [3.8, 4) is 0 Å². The van der Waals surface area contributed by atoms with Crippen LogP contribution in [0, 0.1) is 5.82 Å². The van der Waals surface area contributed by atoms with Crippen LogP contribution >= 0.6 is 11.6 Å². The molecule has 0 aliphatic carbocycles. The smallest absolute Gasteiger partial charge is 0.148 e. The molecule has 0 amide bonds. The van der Waals surface area contributed by atoms with Crippen molar-refractivity contribution >= 4 is 23.2 Å². The molecule has 3 aromatic rings. The zero-order chi connectivity index (χ0) is 18.8. The van der Waals surface area contributed by atoms with Crippen LogP contribution in [0.4, 0.5) is 16.0 Å². The predicted octanol–water partition coefficient (Wildman–Crippen LogP) is 4.45.